The number of nitrogens with one attached hydrogen (secondary N) is 3. The molecule has 9 nitrogen and oxygen atoms in total. The minimum Gasteiger partial charge on any atom is -0.337 e. The summed E-state index contributed by atoms with van der Waals surface area (Å²) in [7, 11) is 0. The number of carbonyl (C=O) groups excluding carboxylic acids is 3. The van der Waals surface area contributed by atoms with E-state index in [4.69, 9.17) is 0 Å². The normalized spacial score (nSPS) is 22.2. The quantitative estimate of drug-likeness (QED) is 0.356. The molecule has 3 N–H and O–H groups in total. The van der Waals surface area contributed by atoms with Crippen molar-refractivity contribution < 1.29 is 27.6 Å². The highest BCUT2D eigenvalue weighted by molar-refractivity contribution is 6.44. The first kappa shape index (κ1) is 22.5. The van der Waals surface area contributed by atoms with E-state index in [1.807, 2.05) is 4.57 Å². The van der Waals surface area contributed by atoms with Gasteiger partial charge in [-0.25, -0.2) is 13.2 Å². The van der Waals surface area contributed by atoms with Gasteiger partial charge in [-0.1, -0.05) is 0 Å². The Morgan fingerprint density at radius 3 is 2.53 bits per heavy atom. The van der Waals surface area contributed by atoms with Crippen LogP contribution in [0.25, 0.3) is 0 Å². The van der Waals surface area contributed by atoms with Gasteiger partial charge in [-0.3, -0.25) is 14.4 Å². The molecule has 3 heterocycles. The first-order valence-electron chi connectivity index (χ1n) is 11.5. The summed E-state index contributed by atoms with van der Waals surface area (Å²) < 4.78 is 42.7. The number of halogens is 3. The van der Waals surface area contributed by atoms with Crippen LogP contribution in [-0.4, -0.2) is 43.5 Å². The van der Waals surface area contributed by atoms with Crippen molar-refractivity contribution in [3.05, 3.63) is 64.5 Å². The molecule has 2 atom stereocenters. The summed E-state index contributed by atoms with van der Waals surface area (Å²) in [5.74, 6) is -5.59. The Kier molecular flexibility index (Phi) is 4.70. The van der Waals surface area contributed by atoms with Gasteiger partial charge in [0.1, 0.15) is 17.2 Å². The number of benzene rings is 1. The SMILES string of the molecule is Cc1c(C(=O)C(=O)NC2(c3cn[nH]n3)CC(F)(F)C2)c2n(c1C(=O)Nc1ccc(F)cc1)[C@@H]1C[C@@H]1C2. The maximum atomic E-state index is 13.8. The van der Waals surface area contributed by atoms with Crippen molar-refractivity contribution in [1.82, 2.24) is 25.3 Å². The summed E-state index contributed by atoms with van der Waals surface area (Å²) in [5, 5.41) is 15.0. The summed E-state index contributed by atoms with van der Waals surface area (Å²) >= 11 is 0. The Bertz CT molecular complexity index is 1410. The van der Waals surface area contributed by atoms with E-state index in [-0.39, 0.29) is 28.9 Å². The molecule has 1 aliphatic heterocycles. The van der Waals surface area contributed by atoms with E-state index in [1.165, 1.54) is 30.5 Å². The van der Waals surface area contributed by atoms with Gasteiger partial charge < -0.3 is 15.2 Å². The second kappa shape index (κ2) is 7.52. The van der Waals surface area contributed by atoms with E-state index in [0.29, 0.717) is 23.4 Å². The lowest BCUT2D eigenvalue weighted by molar-refractivity contribution is -0.148. The number of ketones is 1. The molecule has 2 saturated carbocycles. The number of rotatable bonds is 6. The molecule has 2 amide bonds. The Labute approximate surface area is 202 Å². The molecule has 0 saturated heterocycles. The van der Waals surface area contributed by atoms with E-state index in [0.717, 1.165) is 6.42 Å². The highest BCUT2D eigenvalue weighted by atomic mass is 19.3. The number of aromatic amines is 1. The molecule has 12 heteroatoms. The average Bonchev–Trinajstić information content (AvgIpc) is 3.14. The topological polar surface area (TPSA) is 122 Å². The van der Waals surface area contributed by atoms with Crippen molar-refractivity contribution in [2.24, 2.45) is 5.92 Å². The number of fused-ring (bicyclic) bond motifs is 3. The van der Waals surface area contributed by atoms with E-state index < -0.39 is 47.7 Å². The van der Waals surface area contributed by atoms with Crippen molar-refractivity contribution in [3.8, 4) is 0 Å². The first-order chi connectivity index (χ1) is 17.1. The monoisotopic (exact) mass is 498 g/mol. The number of anilines is 1. The van der Waals surface area contributed by atoms with Gasteiger partial charge in [0.25, 0.3) is 23.5 Å². The van der Waals surface area contributed by atoms with Crippen LogP contribution in [-0.2, 0) is 16.8 Å². The third-order valence-corrected chi connectivity index (χ3v) is 7.35. The van der Waals surface area contributed by atoms with Crippen LogP contribution in [0.5, 0.6) is 0 Å². The Morgan fingerprint density at radius 1 is 1.17 bits per heavy atom. The number of carbonyl (C=O) groups is 3. The van der Waals surface area contributed by atoms with Gasteiger partial charge >= 0.3 is 0 Å². The smallest absolute Gasteiger partial charge is 0.293 e. The second-order valence-corrected chi connectivity index (χ2v) is 9.82. The molecular formula is C24H21F3N6O3. The third-order valence-electron chi connectivity index (χ3n) is 7.35. The predicted octanol–water partition coefficient (Wildman–Crippen LogP) is 3.05. The lowest BCUT2D eigenvalue weighted by atomic mass is 9.71. The van der Waals surface area contributed by atoms with Crippen molar-refractivity contribution in [2.45, 2.75) is 50.1 Å². The van der Waals surface area contributed by atoms with Crippen molar-refractivity contribution in [2.75, 3.05) is 5.32 Å². The average molecular weight is 498 g/mol. The maximum Gasteiger partial charge on any atom is 0.293 e. The molecule has 1 aromatic carbocycles. The van der Waals surface area contributed by atoms with Crippen LogP contribution in [0.15, 0.2) is 30.5 Å². The largest absolute Gasteiger partial charge is 0.337 e. The van der Waals surface area contributed by atoms with Gasteiger partial charge in [0.15, 0.2) is 0 Å². The molecule has 0 spiro atoms. The Morgan fingerprint density at radius 2 is 1.89 bits per heavy atom. The molecule has 2 fully saturated rings. The molecule has 2 aliphatic carbocycles. The summed E-state index contributed by atoms with van der Waals surface area (Å²) in [6.07, 6.45) is 1.24. The number of nitrogens with zero attached hydrogens (tertiary/aromatic N) is 3. The molecule has 0 radical (unpaired) electrons. The predicted molar refractivity (Wildman–Crippen MR) is 119 cm³/mol. The Balaban J connectivity index is 1.31. The first-order valence-corrected chi connectivity index (χ1v) is 11.5. The van der Waals surface area contributed by atoms with Gasteiger partial charge in [-0.05, 0) is 55.5 Å². The lowest BCUT2D eigenvalue weighted by Gasteiger charge is -2.46. The zero-order valence-corrected chi connectivity index (χ0v) is 19.1. The number of H-pyrrole nitrogens is 1. The summed E-state index contributed by atoms with van der Waals surface area (Å²) in [4.78, 5) is 39.7. The van der Waals surface area contributed by atoms with Crippen LogP contribution in [0.1, 0.15) is 63.1 Å². The van der Waals surface area contributed by atoms with Gasteiger partial charge in [0.2, 0.25) is 0 Å². The molecule has 6 rings (SSSR count). The molecular weight excluding hydrogens is 477 g/mol. The van der Waals surface area contributed by atoms with Crippen LogP contribution in [0.4, 0.5) is 18.9 Å². The van der Waals surface area contributed by atoms with Crippen molar-refractivity contribution in [3.63, 3.8) is 0 Å². The lowest BCUT2D eigenvalue weighted by Crippen LogP contribution is -2.61. The standard InChI is InChI=1S/C24H21F3N6O3/c1-11-18(20(34)22(36)30-23(9-24(26,27)10-23)17-8-28-32-31-17)16-7-12-6-15(12)33(16)19(11)21(35)29-14-4-2-13(25)3-5-14/h2-5,8,12,15H,6-7,9-10H2,1H3,(H,29,35)(H,30,36)(H,28,31,32)/t12-,15-/m1/s1. The van der Waals surface area contributed by atoms with Crippen LogP contribution >= 0.6 is 0 Å². The highest BCUT2D eigenvalue weighted by Crippen LogP contribution is 2.55. The molecule has 3 aliphatic rings. The number of hydrogen-bond acceptors (Lipinski definition) is 5. The van der Waals surface area contributed by atoms with Crippen molar-refractivity contribution in [1.29, 1.82) is 0 Å². The minimum atomic E-state index is -3.00. The van der Waals surface area contributed by atoms with E-state index in [2.05, 4.69) is 26.0 Å². The van der Waals surface area contributed by atoms with Crippen LogP contribution in [0.3, 0.4) is 0 Å². The number of amides is 2. The number of Topliss-reactive ketones (excluding diaryl/α,β-unsaturated/α-hetero) is 1. The van der Waals surface area contributed by atoms with E-state index >= 15 is 0 Å². The summed E-state index contributed by atoms with van der Waals surface area (Å²) in [6, 6.07) is 5.34. The van der Waals surface area contributed by atoms with E-state index in [1.54, 1.807) is 6.92 Å². The van der Waals surface area contributed by atoms with Gasteiger partial charge in [0.05, 0.1) is 17.3 Å². The molecule has 0 bridgehead atoms. The molecule has 186 valence electrons. The molecule has 2 aromatic heterocycles. The third kappa shape index (κ3) is 3.42. The number of hydrogen-bond donors (Lipinski definition) is 3. The minimum absolute atomic E-state index is 0.0593. The molecule has 36 heavy (non-hydrogen) atoms. The summed E-state index contributed by atoms with van der Waals surface area (Å²) in [5.41, 5.74) is 0.298. The van der Waals surface area contributed by atoms with Gasteiger partial charge in [-0.15, -0.1) is 0 Å². The van der Waals surface area contributed by atoms with E-state index in [9.17, 15) is 27.6 Å². The Hall–Kier alpha value is -3.96. The number of alkyl halides is 2. The van der Waals surface area contributed by atoms with Crippen LogP contribution in [0, 0.1) is 18.7 Å². The summed E-state index contributed by atoms with van der Waals surface area (Å²) in [6.45, 7) is 1.59. The fourth-order valence-corrected chi connectivity index (χ4v) is 5.64. The van der Waals surface area contributed by atoms with Crippen LogP contribution in [0.2, 0.25) is 0 Å². The van der Waals surface area contributed by atoms with Gasteiger partial charge in [0, 0.05) is 30.3 Å². The fraction of sp³-hybridized carbons (Fsp3) is 0.375. The van der Waals surface area contributed by atoms with Crippen molar-refractivity contribution >= 4 is 23.3 Å². The maximum absolute atomic E-state index is 13.8. The zero-order valence-electron chi connectivity index (χ0n) is 19.1. The highest BCUT2D eigenvalue weighted by Gasteiger charge is 2.60. The molecule has 3 aromatic rings. The van der Waals surface area contributed by atoms with Crippen LogP contribution < -0.4 is 10.6 Å². The molecule has 0 unspecified atom stereocenters. The number of aromatic nitrogens is 4. The fourth-order valence-electron chi connectivity index (χ4n) is 5.64. The second-order valence-electron chi connectivity index (χ2n) is 9.82. The zero-order chi connectivity index (χ0) is 25.4. The van der Waals surface area contributed by atoms with Gasteiger partial charge in [-0.2, -0.15) is 15.4 Å².